The van der Waals surface area contributed by atoms with Crippen molar-refractivity contribution in [2.75, 3.05) is 0 Å². The summed E-state index contributed by atoms with van der Waals surface area (Å²) in [5.74, 6) is 0. The second kappa shape index (κ2) is 12.2. The molecule has 3 aromatic carbocycles. The maximum absolute atomic E-state index is 3.86. The molecule has 35 heavy (non-hydrogen) atoms. The van der Waals surface area contributed by atoms with Gasteiger partial charge in [0.2, 0.25) is 0 Å². The highest BCUT2D eigenvalue weighted by Crippen LogP contribution is 2.54. The minimum atomic E-state index is 0.156. The van der Waals surface area contributed by atoms with Crippen LogP contribution >= 0.6 is 0 Å². The van der Waals surface area contributed by atoms with Gasteiger partial charge in [-0.05, 0) is 51.8 Å². The Balaban J connectivity index is 1.70. The van der Waals surface area contributed by atoms with Crippen molar-refractivity contribution >= 4 is 18.2 Å². The number of hydrogen-bond donors (Lipinski definition) is 0. The van der Waals surface area contributed by atoms with Crippen LogP contribution in [-0.2, 0) is 5.41 Å². The van der Waals surface area contributed by atoms with Crippen LogP contribution in [0.25, 0.3) is 29.4 Å². The van der Waals surface area contributed by atoms with Gasteiger partial charge in [-0.1, -0.05) is 157 Å². The quantitative estimate of drug-likeness (QED) is 0.175. The summed E-state index contributed by atoms with van der Waals surface area (Å²) in [7, 11) is 0. The highest BCUT2D eigenvalue weighted by Gasteiger charge is 2.41. The lowest BCUT2D eigenvalue weighted by Gasteiger charge is -2.33. The molecule has 1 aliphatic rings. The molecule has 0 N–H and O–H groups in total. The third kappa shape index (κ3) is 5.69. The first kappa shape index (κ1) is 25.2. The van der Waals surface area contributed by atoms with Gasteiger partial charge in [-0.25, -0.2) is 0 Å². The molecule has 0 heteroatoms. The predicted molar refractivity (Wildman–Crippen MR) is 156 cm³/mol. The fraction of sp³-hybridized carbons (Fsp3) is 0.371. The van der Waals surface area contributed by atoms with Crippen molar-refractivity contribution in [1.82, 2.24) is 0 Å². The minimum Gasteiger partial charge on any atom is -0.0985 e. The molecule has 0 aromatic heterocycles. The lowest BCUT2D eigenvalue weighted by molar-refractivity contribution is 0.401. The molecule has 0 aliphatic heterocycles. The molecule has 0 nitrogen and oxygen atoms in total. The van der Waals surface area contributed by atoms with Crippen LogP contribution in [0, 0.1) is 0 Å². The van der Waals surface area contributed by atoms with Gasteiger partial charge in [0.25, 0.3) is 0 Å². The lowest BCUT2D eigenvalue weighted by atomic mass is 9.70. The maximum atomic E-state index is 3.86. The third-order valence-corrected chi connectivity index (χ3v) is 7.85. The third-order valence-electron chi connectivity index (χ3n) is 7.85. The van der Waals surface area contributed by atoms with Crippen molar-refractivity contribution in [2.24, 2.45) is 0 Å². The Kier molecular flexibility index (Phi) is 8.80. The molecule has 0 atom stereocenters. The zero-order valence-corrected chi connectivity index (χ0v) is 21.9. The van der Waals surface area contributed by atoms with E-state index in [1.54, 1.807) is 11.1 Å². The van der Waals surface area contributed by atoms with Crippen LogP contribution < -0.4 is 0 Å². The smallest absolute Gasteiger partial charge is 0.0215 e. The van der Waals surface area contributed by atoms with Gasteiger partial charge in [0, 0.05) is 5.41 Å². The minimum absolute atomic E-state index is 0.156. The molecule has 1 aliphatic carbocycles. The highest BCUT2D eigenvalue weighted by molar-refractivity contribution is 5.83. The van der Waals surface area contributed by atoms with E-state index in [1.807, 2.05) is 6.08 Å². The van der Waals surface area contributed by atoms with Gasteiger partial charge >= 0.3 is 0 Å². The van der Waals surface area contributed by atoms with Gasteiger partial charge in [-0.3, -0.25) is 0 Å². The summed E-state index contributed by atoms with van der Waals surface area (Å²) in [6.45, 7) is 8.48. The summed E-state index contributed by atoms with van der Waals surface area (Å²) in [4.78, 5) is 0. The van der Waals surface area contributed by atoms with Crippen LogP contribution in [0.1, 0.15) is 106 Å². The zero-order chi connectivity index (χ0) is 24.5. The van der Waals surface area contributed by atoms with E-state index in [-0.39, 0.29) is 5.41 Å². The van der Waals surface area contributed by atoms with Crippen LogP contribution in [-0.4, -0.2) is 0 Å². The zero-order valence-electron chi connectivity index (χ0n) is 21.9. The maximum Gasteiger partial charge on any atom is 0.0215 e. The van der Waals surface area contributed by atoms with Crippen molar-refractivity contribution in [3.63, 3.8) is 0 Å². The fourth-order valence-corrected chi connectivity index (χ4v) is 5.88. The number of fused-ring (bicyclic) bond motifs is 3. The summed E-state index contributed by atoms with van der Waals surface area (Å²) < 4.78 is 0. The van der Waals surface area contributed by atoms with E-state index in [1.165, 1.54) is 86.5 Å². The Hall–Kier alpha value is -2.86. The van der Waals surface area contributed by atoms with Crippen molar-refractivity contribution in [1.29, 1.82) is 0 Å². The van der Waals surface area contributed by atoms with Gasteiger partial charge < -0.3 is 0 Å². The van der Waals surface area contributed by atoms with Crippen LogP contribution in [0.2, 0.25) is 0 Å². The molecule has 3 aromatic rings. The van der Waals surface area contributed by atoms with Crippen molar-refractivity contribution in [3.8, 4) is 11.1 Å². The molecule has 0 heterocycles. The van der Waals surface area contributed by atoms with Crippen molar-refractivity contribution < 1.29 is 0 Å². The van der Waals surface area contributed by atoms with E-state index in [4.69, 9.17) is 0 Å². The first-order valence-corrected chi connectivity index (χ1v) is 13.9. The van der Waals surface area contributed by atoms with Crippen molar-refractivity contribution in [3.05, 3.63) is 101 Å². The highest BCUT2D eigenvalue weighted by atomic mass is 14.4. The summed E-state index contributed by atoms with van der Waals surface area (Å²) in [6.07, 6.45) is 19.5. The Labute approximate surface area is 213 Å². The van der Waals surface area contributed by atoms with E-state index in [2.05, 4.69) is 99.3 Å². The van der Waals surface area contributed by atoms with Gasteiger partial charge in [0.05, 0.1) is 0 Å². The lowest BCUT2D eigenvalue weighted by Crippen LogP contribution is -2.25. The molecule has 0 saturated carbocycles. The monoisotopic (exact) mass is 462 g/mol. The second-order valence-corrected chi connectivity index (χ2v) is 10.3. The molecule has 0 saturated heterocycles. The Morgan fingerprint density at radius 3 is 1.83 bits per heavy atom. The standard InChI is InChI=1S/C35H42/c1-4-7-9-13-25-35(26-14-10-8-5-2)33-16-12-11-15-31(33)32-24-23-30(27-34(32)35)22-21-29-19-17-28(6-3)18-20-29/h6,11-12,15-24,27H,3-5,7-10,13-14,25-26H2,1-2H3/b22-21+. The molecule has 0 amide bonds. The average molecular weight is 463 g/mol. The first-order valence-electron chi connectivity index (χ1n) is 13.9. The van der Waals surface area contributed by atoms with Gasteiger partial charge in [-0.2, -0.15) is 0 Å². The second-order valence-electron chi connectivity index (χ2n) is 10.3. The Morgan fingerprint density at radius 2 is 1.17 bits per heavy atom. The van der Waals surface area contributed by atoms with Crippen LogP contribution in [0.15, 0.2) is 73.3 Å². The molecule has 0 fully saturated rings. The Bertz CT molecular complexity index is 1120. The molecule has 0 spiro atoms. The van der Waals surface area contributed by atoms with E-state index in [0.29, 0.717) is 0 Å². The number of benzene rings is 3. The number of hydrogen-bond acceptors (Lipinski definition) is 0. The normalized spacial score (nSPS) is 13.7. The first-order chi connectivity index (χ1) is 17.2. The Morgan fingerprint density at radius 1 is 0.600 bits per heavy atom. The number of rotatable bonds is 13. The fourth-order valence-electron chi connectivity index (χ4n) is 5.88. The summed E-state index contributed by atoms with van der Waals surface area (Å²) >= 11 is 0. The predicted octanol–water partition coefficient (Wildman–Crippen LogP) is 10.7. The van der Waals surface area contributed by atoms with Crippen molar-refractivity contribution in [2.45, 2.75) is 83.5 Å². The largest absolute Gasteiger partial charge is 0.0985 e. The number of unbranched alkanes of at least 4 members (excludes halogenated alkanes) is 6. The van der Waals surface area contributed by atoms with Crippen LogP contribution in [0.3, 0.4) is 0 Å². The topological polar surface area (TPSA) is 0 Å². The molecule has 0 bridgehead atoms. The van der Waals surface area contributed by atoms with Gasteiger partial charge in [0.1, 0.15) is 0 Å². The molecule has 0 unspecified atom stereocenters. The van der Waals surface area contributed by atoms with Gasteiger partial charge in [0.15, 0.2) is 0 Å². The molecule has 4 rings (SSSR count). The summed E-state index contributed by atoms with van der Waals surface area (Å²) in [5.41, 5.74) is 9.90. The van der Waals surface area contributed by atoms with E-state index in [9.17, 15) is 0 Å². The van der Waals surface area contributed by atoms with E-state index in [0.717, 1.165) is 5.56 Å². The average Bonchev–Trinajstić information content (AvgIpc) is 3.17. The molecular weight excluding hydrogens is 420 g/mol. The summed E-state index contributed by atoms with van der Waals surface area (Å²) in [5, 5.41) is 0. The van der Waals surface area contributed by atoms with E-state index < -0.39 is 0 Å². The SMILES string of the molecule is C=Cc1ccc(/C=C/c2ccc3c(c2)C(CCCCCC)(CCCCCC)c2ccccc2-3)cc1. The molecule has 0 radical (unpaired) electrons. The van der Waals surface area contributed by atoms with Crippen LogP contribution in [0.5, 0.6) is 0 Å². The van der Waals surface area contributed by atoms with E-state index >= 15 is 0 Å². The molecular formula is C35H42. The van der Waals surface area contributed by atoms with Gasteiger partial charge in [-0.15, -0.1) is 0 Å². The molecule has 182 valence electrons. The van der Waals surface area contributed by atoms with Crippen LogP contribution in [0.4, 0.5) is 0 Å². The summed E-state index contributed by atoms with van der Waals surface area (Å²) in [6, 6.07) is 25.0.